The van der Waals surface area contributed by atoms with Crippen LogP contribution in [0.4, 0.5) is 4.39 Å². The molecule has 6 heteroatoms. The number of hydrogen-bond acceptors (Lipinski definition) is 4. The van der Waals surface area contributed by atoms with E-state index in [9.17, 15) is 14.3 Å². The number of nitrogens with zero attached hydrogens (tertiary/aromatic N) is 3. The molecule has 0 aliphatic rings. The van der Waals surface area contributed by atoms with E-state index in [0.717, 1.165) is 16.8 Å². The van der Waals surface area contributed by atoms with Crippen LogP contribution < -0.4 is 0 Å². The quantitative estimate of drug-likeness (QED) is 0.520. The van der Waals surface area contributed by atoms with Crippen molar-refractivity contribution in [1.29, 1.82) is 0 Å². The number of hydrogen-bond donors (Lipinski definition) is 1. The van der Waals surface area contributed by atoms with Crippen LogP contribution in [-0.4, -0.2) is 25.5 Å². The van der Waals surface area contributed by atoms with Crippen molar-refractivity contribution in [3.63, 3.8) is 0 Å². The van der Waals surface area contributed by atoms with Crippen molar-refractivity contribution in [2.45, 2.75) is 25.9 Å². The van der Waals surface area contributed by atoms with Crippen molar-refractivity contribution in [2.75, 3.05) is 0 Å². The number of fused-ring (bicyclic) bond motifs is 1. The van der Waals surface area contributed by atoms with Gasteiger partial charge in [-0.3, -0.25) is 4.79 Å². The molecule has 0 saturated heterocycles. The van der Waals surface area contributed by atoms with Gasteiger partial charge in [0, 0.05) is 17.2 Å². The topological polar surface area (TPSA) is 67.5 Å². The summed E-state index contributed by atoms with van der Waals surface area (Å²) >= 11 is 0. The zero-order valence-electron chi connectivity index (χ0n) is 16.1. The fourth-order valence-electron chi connectivity index (χ4n) is 3.21. The monoisotopic (exact) mass is 389 g/mol. The minimum Gasteiger partial charge on any atom is -0.386 e. The minimum atomic E-state index is -0.958. The third-order valence-corrected chi connectivity index (χ3v) is 4.81. The Morgan fingerprint density at radius 3 is 2.41 bits per heavy atom. The highest BCUT2D eigenvalue weighted by atomic mass is 19.1. The number of ketones is 1. The van der Waals surface area contributed by atoms with E-state index < -0.39 is 5.60 Å². The summed E-state index contributed by atoms with van der Waals surface area (Å²) in [7, 11) is 0. The molecule has 146 valence electrons. The summed E-state index contributed by atoms with van der Waals surface area (Å²) < 4.78 is 15.0. The molecular formula is C23H20FN3O2. The molecule has 0 bridgehead atoms. The van der Waals surface area contributed by atoms with Gasteiger partial charge in [-0.05, 0) is 49.7 Å². The number of Topliss-reactive ketones (excluding diaryl/α,β-unsaturated/α-hetero) is 1. The van der Waals surface area contributed by atoms with Crippen LogP contribution >= 0.6 is 0 Å². The molecule has 0 amide bonds. The maximum absolute atomic E-state index is 13.3. The van der Waals surface area contributed by atoms with Crippen molar-refractivity contribution >= 4 is 11.4 Å². The van der Waals surface area contributed by atoms with E-state index in [1.807, 2.05) is 0 Å². The second-order valence-electron chi connectivity index (χ2n) is 7.48. The molecule has 1 N–H and O–H groups in total. The molecule has 0 aliphatic heterocycles. The fraction of sp³-hybridized carbons (Fsp3) is 0.174. The van der Waals surface area contributed by atoms with Gasteiger partial charge in [-0.15, -0.1) is 0 Å². The number of halogens is 1. The molecule has 29 heavy (non-hydrogen) atoms. The van der Waals surface area contributed by atoms with Gasteiger partial charge in [-0.1, -0.05) is 24.3 Å². The molecule has 0 aliphatic carbocycles. The van der Waals surface area contributed by atoms with Gasteiger partial charge in [-0.25, -0.2) is 13.9 Å². The Morgan fingerprint density at radius 1 is 1.07 bits per heavy atom. The van der Waals surface area contributed by atoms with E-state index in [2.05, 4.69) is 10.1 Å². The lowest BCUT2D eigenvalue weighted by atomic mass is 9.96. The predicted octanol–water partition coefficient (Wildman–Crippen LogP) is 4.19. The van der Waals surface area contributed by atoms with Crippen LogP contribution in [0.3, 0.4) is 0 Å². The number of carbonyl (C=O) groups excluding carboxylic acids is 1. The third kappa shape index (κ3) is 3.93. The number of benzene rings is 2. The number of aliphatic hydroxyl groups is 1. The van der Waals surface area contributed by atoms with Crippen molar-refractivity contribution in [3.8, 4) is 11.3 Å². The first kappa shape index (κ1) is 19.0. The zero-order valence-corrected chi connectivity index (χ0v) is 16.1. The maximum Gasteiger partial charge on any atom is 0.168 e. The van der Waals surface area contributed by atoms with Crippen LogP contribution in [0, 0.1) is 5.82 Å². The van der Waals surface area contributed by atoms with Gasteiger partial charge in [-0.2, -0.15) is 5.10 Å². The summed E-state index contributed by atoms with van der Waals surface area (Å²) in [4.78, 5) is 17.3. The molecule has 0 atom stereocenters. The summed E-state index contributed by atoms with van der Waals surface area (Å²) in [6, 6.07) is 16.6. The number of carbonyl (C=O) groups is 1. The summed E-state index contributed by atoms with van der Waals surface area (Å²) in [5, 5.41) is 14.3. The summed E-state index contributed by atoms with van der Waals surface area (Å²) in [6.45, 7) is 3.40. The molecule has 2 aromatic carbocycles. The van der Waals surface area contributed by atoms with E-state index in [1.54, 1.807) is 73.1 Å². The molecular weight excluding hydrogens is 369 g/mol. The third-order valence-electron chi connectivity index (χ3n) is 4.81. The molecule has 0 radical (unpaired) electrons. The highest BCUT2D eigenvalue weighted by Gasteiger charge is 2.17. The SMILES string of the molecule is CC(C)(O)c1ccc(C(=O)Cc2cc(-c3ccc(F)cc3)n3nccc3n2)cc1. The van der Waals surface area contributed by atoms with E-state index in [-0.39, 0.29) is 18.0 Å². The normalized spacial score (nSPS) is 11.7. The molecule has 0 spiro atoms. The van der Waals surface area contributed by atoms with Crippen LogP contribution in [-0.2, 0) is 12.0 Å². The predicted molar refractivity (Wildman–Crippen MR) is 108 cm³/mol. The van der Waals surface area contributed by atoms with Gasteiger partial charge < -0.3 is 5.11 Å². The van der Waals surface area contributed by atoms with Gasteiger partial charge in [0.25, 0.3) is 0 Å². The van der Waals surface area contributed by atoms with Crippen LogP contribution in [0.15, 0.2) is 66.9 Å². The van der Waals surface area contributed by atoms with E-state index in [4.69, 9.17) is 0 Å². The standard InChI is InChI=1S/C23H20FN3O2/c1-23(2,29)17-7-3-16(4-8-17)21(28)14-19-13-20(15-5-9-18(24)10-6-15)27-22(26-19)11-12-25-27/h3-13,29H,14H2,1-2H3. The van der Waals surface area contributed by atoms with Crippen molar-refractivity contribution in [3.05, 3.63) is 89.5 Å². The molecule has 4 rings (SSSR count). The average Bonchev–Trinajstić information content (AvgIpc) is 3.16. The zero-order chi connectivity index (χ0) is 20.6. The Hall–Kier alpha value is -3.38. The van der Waals surface area contributed by atoms with Gasteiger partial charge in [0.15, 0.2) is 11.4 Å². The first-order valence-electron chi connectivity index (χ1n) is 9.27. The van der Waals surface area contributed by atoms with Gasteiger partial charge in [0.05, 0.1) is 29.6 Å². The summed E-state index contributed by atoms with van der Waals surface area (Å²) in [6.07, 6.45) is 1.76. The van der Waals surface area contributed by atoms with Gasteiger partial charge in [0.1, 0.15) is 5.82 Å². The first-order valence-corrected chi connectivity index (χ1v) is 9.27. The number of aromatic nitrogens is 3. The van der Waals surface area contributed by atoms with Crippen molar-refractivity contribution in [2.24, 2.45) is 0 Å². The van der Waals surface area contributed by atoms with Crippen LogP contribution in [0.1, 0.15) is 35.5 Å². The molecule has 0 saturated carbocycles. The van der Waals surface area contributed by atoms with E-state index in [0.29, 0.717) is 16.9 Å². The average molecular weight is 389 g/mol. The van der Waals surface area contributed by atoms with Gasteiger partial charge in [0.2, 0.25) is 0 Å². The Kier molecular flexibility index (Phi) is 4.72. The molecule has 4 aromatic rings. The van der Waals surface area contributed by atoms with Crippen molar-refractivity contribution in [1.82, 2.24) is 14.6 Å². The van der Waals surface area contributed by atoms with Crippen molar-refractivity contribution < 1.29 is 14.3 Å². The van der Waals surface area contributed by atoms with E-state index >= 15 is 0 Å². The smallest absolute Gasteiger partial charge is 0.168 e. The lowest BCUT2D eigenvalue weighted by molar-refractivity contribution is 0.0784. The van der Waals surface area contributed by atoms with E-state index in [1.165, 1.54) is 12.1 Å². The fourth-order valence-corrected chi connectivity index (χ4v) is 3.21. The molecule has 0 unspecified atom stereocenters. The molecule has 2 heterocycles. The highest BCUT2D eigenvalue weighted by Crippen LogP contribution is 2.23. The van der Waals surface area contributed by atoms with Gasteiger partial charge >= 0.3 is 0 Å². The second-order valence-corrected chi connectivity index (χ2v) is 7.48. The first-order chi connectivity index (χ1) is 13.8. The Labute approximate surface area is 167 Å². The summed E-state index contributed by atoms with van der Waals surface area (Å²) in [5.41, 5.74) is 3.08. The Morgan fingerprint density at radius 2 is 1.76 bits per heavy atom. The Bertz CT molecular complexity index is 1170. The lowest BCUT2D eigenvalue weighted by Gasteiger charge is -2.17. The second kappa shape index (κ2) is 7.22. The largest absolute Gasteiger partial charge is 0.386 e. The molecule has 5 nitrogen and oxygen atoms in total. The van der Waals surface area contributed by atoms with Crippen LogP contribution in [0.2, 0.25) is 0 Å². The molecule has 2 aromatic heterocycles. The number of rotatable bonds is 5. The highest BCUT2D eigenvalue weighted by molar-refractivity contribution is 5.97. The minimum absolute atomic E-state index is 0.0753. The molecule has 0 fully saturated rings. The Balaban J connectivity index is 1.66. The maximum atomic E-state index is 13.3. The lowest BCUT2D eigenvalue weighted by Crippen LogP contribution is -2.15. The van der Waals surface area contributed by atoms with Crippen LogP contribution in [0.5, 0.6) is 0 Å². The van der Waals surface area contributed by atoms with Crippen LogP contribution in [0.25, 0.3) is 16.9 Å². The summed E-state index contributed by atoms with van der Waals surface area (Å²) in [5.74, 6) is -0.391.